The van der Waals surface area contributed by atoms with Crippen LogP contribution >= 0.6 is 0 Å². The van der Waals surface area contributed by atoms with Gasteiger partial charge in [-0.15, -0.1) is 0 Å². The average Bonchev–Trinajstić information content (AvgIpc) is 2.29. The fourth-order valence-electron chi connectivity index (χ4n) is 2.39. The van der Waals surface area contributed by atoms with Crippen LogP contribution in [0.4, 0.5) is 0 Å². The second kappa shape index (κ2) is 4.40. The van der Waals surface area contributed by atoms with Crippen molar-refractivity contribution in [3.05, 3.63) is 59.3 Å². The normalized spacial score (nSPS) is 20.8. The highest BCUT2D eigenvalue weighted by molar-refractivity contribution is 5.37. The van der Waals surface area contributed by atoms with Gasteiger partial charge < -0.3 is 5.73 Å². The number of rotatable bonds is 1. The van der Waals surface area contributed by atoms with E-state index in [1.165, 1.54) is 11.1 Å². The van der Waals surface area contributed by atoms with E-state index in [0.717, 1.165) is 12.1 Å². The Morgan fingerprint density at radius 3 is 2.35 bits per heavy atom. The molecule has 1 nitrogen and oxygen atoms in total. The molecule has 0 fully saturated rings. The predicted octanol–water partition coefficient (Wildman–Crippen LogP) is 3.99. The molecule has 1 heteroatoms. The fraction of sp³-hybridized carbons (Fsp3) is 0.375. The molecule has 0 bridgehead atoms. The fourth-order valence-corrected chi connectivity index (χ4v) is 2.39. The van der Waals surface area contributed by atoms with Gasteiger partial charge in [0.1, 0.15) is 0 Å². The highest BCUT2D eigenvalue weighted by atomic mass is 14.6. The Hall–Kier alpha value is -1.50. The van der Waals surface area contributed by atoms with Gasteiger partial charge in [-0.05, 0) is 29.0 Å². The number of allylic oxidation sites excluding steroid dienone is 3. The van der Waals surface area contributed by atoms with E-state index in [2.05, 4.69) is 63.3 Å². The summed E-state index contributed by atoms with van der Waals surface area (Å²) in [7, 11) is 0. The van der Waals surface area contributed by atoms with Gasteiger partial charge in [0.2, 0.25) is 0 Å². The molecule has 1 aromatic rings. The van der Waals surface area contributed by atoms with Gasteiger partial charge in [-0.2, -0.15) is 0 Å². The van der Waals surface area contributed by atoms with Gasteiger partial charge in [0.15, 0.2) is 0 Å². The van der Waals surface area contributed by atoms with Crippen molar-refractivity contribution in [1.29, 1.82) is 0 Å². The first-order chi connectivity index (χ1) is 7.98. The summed E-state index contributed by atoms with van der Waals surface area (Å²) in [5.74, 6) is 0.470. The van der Waals surface area contributed by atoms with E-state index < -0.39 is 0 Å². The first-order valence-electron chi connectivity index (χ1n) is 6.21. The van der Waals surface area contributed by atoms with Crippen LogP contribution in [0.3, 0.4) is 0 Å². The first kappa shape index (κ1) is 12.0. The number of hydrogen-bond acceptors (Lipinski definition) is 1. The topological polar surface area (TPSA) is 26.0 Å². The summed E-state index contributed by atoms with van der Waals surface area (Å²) in [6.07, 6.45) is 5.33. The lowest BCUT2D eigenvalue weighted by Crippen LogP contribution is -2.19. The molecule has 0 heterocycles. The van der Waals surface area contributed by atoms with Crippen LogP contribution in [-0.4, -0.2) is 0 Å². The molecule has 17 heavy (non-hydrogen) atoms. The molecule has 1 aliphatic rings. The van der Waals surface area contributed by atoms with Gasteiger partial charge >= 0.3 is 0 Å². The standard InChI is InChI=1S/C16H21N/c1-16(2,3)14-11-13(9-10-15(14)17)12-7-5-4-6-8-12/h4-10,13H,11,17H2,1-3H3. The van der Waals surface area contributed by atoms with Crippen molar-refractivity contribution in [3.63, 3.8) is 0 Å². The van der Waals surface area contributed by atoms with Gasteiger partial charge in [-0.25, -0.2) is 0 Å². The number of hydrogen-bond donors (Lipinski definition) is 1. The molecule has 0 amide bonds. The average molecular weight is 227 g/mol. The second-order valence-corrected chi connectivity index (χ2v) is 5.76. The molecule has 0 aromatic heterocycles. The summed E-state index contributed by atoms with van der Waals surface area (Å²) < 4.78 is 0. The summed E-state index contributed by atoms with van der Waals surface area (Å²) in [5, 5.41) is 0. The highest BCUT2D eigenvalue weighted by Crippen LogP contribution is 2.38. The minimum Gasteiger partial charge on any atom is -0.399 e. The molecule has 2 N–H and O–H groups in total. The largest absolute Gasteiger partial charge is 0.399 e. The molecule has 1 unspecified atom stereocenters. The minimum atomic E-state index is 0.155. The zero-order valence-corrected chi connectivity index (χ0v) is 10.9. The van der Waals surface area contributed by atoms with E-state index in [9.17, 15) is 0 Å². The molecule has 1 atom stereocenters. The van der Waals surface area contributed by atoms with Gasteiger partial charge in [-0.1, -0.05) is 57.2 Å². The Labute approximate surface area is 104 Å². The van der Waals surface area contributed by atoms with Crippen LogP contribution < -0.4 is 5.73 Å². The highest BCUT2D eigenvalue weighted by Gasteiger charge is 2.25. The lowest BCUT2D eigenvalue weighted by atomic mass is 9.76. The zero-order chi connectivity index (χ0) is 12.5. The van der Waals surface area contributed by atoms with Crippen molar-refractivity contribution in [3.8, 4) is 0 Å². The van der Waals surface area contributed by atoms with Gasteiger partial charge in [0.25, 0.3) is 0 Å². The van der Waals surface area contributed by atoms with Gasteiger partial charge in [-0.3, -0.25) is 0 Å². The Bertz CT molecular complexity index is 446. The second-order valence-electron chi connectivity index (χ2n) is 5.76. The van der Waals surface area contributed by atoms with Crippen molar-refractivity contribution < 1.29 is 0 Å². The third-order valence-electron chi connectivity index (χ3n) is 3.41. The predicted molar refractivity (Wildman–Crippen MR) is 73.6 cm³/mol. The molecule has 0 aliphatic heterocycles. The molecule has 2 rings (SSSR count). The summed E-state index contributed by atoms with van der Waals surface area (Å²) in [4.78, 5) is 0. The van der Waals surface area contributed by atoms with Crippen LogP contribution in [0, 0.1) is 5.41 Å². The van der Waals surface area contributed by atoms with Crippen molar-refractivity contribution in [2.24, 2.45) is 11.1 Å². The Morgan fingerprint density at radius 1 is 1.12 bits per heavy atom. The molecule has 0 saturated carbocycles. The van der Waals surface area contributed by atoms with E-state index in [1.54, 1.807) is 0 Å². The molecule has 1 aromatic carbocycles. The third-order valence-corrected chi connectivity index (χ3v) is 3.41. The Morgan fingerprint density at radius 2 is 1.76 bits per heavy atom. The molecule has 0 spiro atoms. The third kappa shape index (κ3) is 2.60. The number of benzene rings is 1. The summed E-state index contributed by atoms with van der Waals surface area (Å²) in [6.45, 7) is 6.70. The van der Waals surface area contributed by atoms with Crippen LogP contribution in [0.25, 0.3) is 0 Å². The zero-order valence-electron chi connectivity index (χ0n) is 10.9. The van der Waals surface area contributed by atoms with E-state index in [4.69, 9.17) is 5.73 Å². The molecule has 0 radical (unpaired) electrons. The minimum absolute atomic E-state index is 0.155. The van der Waals surface area contributed by atoms with Crippen molar-refractivity contribution in [2.75, 3.05) is 0 Å². The van der Waals surface area contributed by atoms with Crippen molar-refractivity contribution in [2.45, 2.75) is 33.1 Å². The van der Waals surface area contributed by atoms with Crippen molar-refractivity contribution in [1.82, 2.24) is 0 Å². The monoisotopic (exact) mass is 227 g/mol. The summed E-state index contributed by atoms with van der Waals surface area (Å²) in [6, 6.07) is 10.6. The SMILES string of the molecule is CC(C)(C)C1=C(N)C=CC(c2ccccc2)C1. The van der Waals surface area contributed by atoms with E-state index in [-0.39, 0.29) is 5.41 Å². The molecule has 0 saturated heterocycles. The van der Waals surface area contributed by atoms with E-state index in [0.29, 0.717) is 5.92 Å². The van der Waals surface area contributed by atoms with Crippen molar-refractivity contribution >= 4 is 0 Å². The van der Waals surface area contributed by atoms with Crippen LogP contribution in [0.5, 0.6) is 0 Å². The van der Waals surface area contributed by atoms with Gasteiger partial charge in [0, 0.05) is 11.6 Å². The van der Waals surface area contributed by atoms with E-state index >= 15 is 0 Å². The van der Waals surface area contributed by atoms with Crippen LogP contribution in [0.2, 0.25) is 0 Å². The molecule has 90 valence electrons. The summed E-state index contributed by atoms with van der Waals surface area (Å²) in [5.41, 5.74) is 9.94. The lowest BCUT2D eigenvalue weighted by molar-refractivity contribution is 0.467. The quantitative estimate of drug-likeness (QED) is 0.771. The maximum atomic E-state index is 6.10. The molecular weight excluding hydrogens is 206 g/mol. The maximum Gasteiger partial charge on any atom is 0.0308 e. The van der Waals surface area contributed by atoms with Crippen LogP contribution in [0.15, 0.2) is 53.8 Å². The maximum absolute atomic E-state index is 6.10. The summed E-state index contributed by atoms with van der Waals surface area (Å²) >= 11 is 0. The first-order valence-corrected chi connectivity index (χ1v) is 6.21. The Kier molecular flexibility index (Phi) is 3.10. The Balaban J connectivity index is 2.27. The lowest BCUT2D eigenvalue weighted by Gasteiger charge is -2.30. The van der Waals surface area contributed by atoms with Gasteiger partial charge in [0.05, 0.1) is 0 Å². The molecular formula is C16H21N. The smallest absolute Gasteiger partial charge is 0.0308 e. The van der Waals surface area contributed by atoms with E-state index in [1.807, 2.05) is 0 Å². The van der Waals surface area contributed by atoms with Crippen LogP contribution in [-0.2, 0) is 0 Å². The molecule has 1 aliphatic carbocycles. The number of nitrogens with two attached hydrogens (primary N) is 1. The van der Waals surface area contributed by atoms with Crippen LogP contribution in [0.1, 0.15) is 38.7 Å².